The largest absolute Gasteiger partial charge is 0.496 e. The monoisotopic (exact) mass is 466 g/mol. The van der Waals surface area contributed by atoms with Gasteiger partial charge in [0, 0.05) is 30.0 Å². The van der Waals surface area contributed by atoms with Gasteiger partial charge < -0.3 is 19.9 Å². The molecule has 0 fully saturated rings. The number of methoxy groups -OCH3 is 1. The fraction of sp³-hybridized carbons (Fsp3) is 0.308. The van der Waals surface area contributed by atoms with Crippen LogP contribution < -0.4 is 15.2 Å². The number of ether oxygens (including phenoxy) is 3. The van der Waals surface area contributed by atoms with Crippen LogP contribution in [0, 0.1) is 28.4 Å². The molecule has 0 spiro atoms. The Bertz CT molecular complexity index is 1270. The second kappa shape index (κ2) is 8.82. The van der Waals surface area contributed by atoms with Crippen LogP contribution in [0.4, 0.5) is 8.78 Å². The van der Waals surface area contributed by atoms with Crippen LogP contribution in [0.5, 0.6) is 11.5 Å². The summed E-state index contributed by atoms with van der Waals surface area (Å²) < 4.78 is 43.9. The van der Waals surface area contributed by atoms with Gasteiger partial charge in [-0.3, -0.25) is 4.79 Å². The number of ketones is 1. The van der Waals surface area contributed by atoms with Crippen molar-refractivity contribution in [3.63, 3.8) is 0 Å². The fourth-order valence-corrected chi connectivity index (χ4v) is 4.46. The van der Waals surface area contributed by atoms with Crippen LogP contribution in [0.15, 0.2) is 59.2 Å². The van der Waals surface area contributed by atoms with Gasteiger partial charge in [-0.2, -0.15) is 5.26 Å². The molecule has 2 N–H and O–H groups in total. The molecule has 176 valence electrons. The molecule has 8 heteroatoms. The summed E-state index contributed by atoms with van der Waals surface area (Å²) in [5.74, 6) is -1.53. The third kappa shape index (κ3) is 4.34. The molecule has 2 aliphatic rings. The third-order valence-electron chi connectivity index (χ3n) is 5.99. The van der Waals surface area contributed by atoms with Crippen molar-refractivity contribution in [1.82, 2.24) is 0 Å². The van der Waals surface area contributed by atoms with Gasteiger partial charge in [0.05, 0.1) is 13.0 Å². The number of nitrogens with zero attached hydrogens (tertiary/aromatic N) is 1. The average Bonchev–Trinajstić information content (AvgIpc) is 2.76. The second-order valence-electron chi connectivity index (χ2n) is 9.14. The average molecular weight is 466 g/mol. The van der Waals surface area contributed by atoms with Crippen LogP contribution in [0.2, 0.25) is 0 Å². The van der Waals surface area contributed by atoms with Crippen molar-refractivity contribution >= 4 is 5.78 Å². The molecule has 0 unspecified atom stereocenters. The topological polar surface area (TPSA) is 94.6 Å². The Labute approximate surface area is 196 Å². The highest BCUT2D eigenvalue weighted by Gasteiger charge is 2.43. The van der Waals surface area contributed by atoms with E-state index in [4.69, 9.17) is 19.9 Å². The van der Waals surface area contributed by atoms with E-state index in [1.807, 2.05) is 13.8 Å². The fourth-order valence-electron chi connectivity index (χ4n) is 4.46. The predicted molar refractivity (Wildman–Crippen MR) is 119 cm³/mol. The standard InChI is InChI=1S/C26H24F2N2O4/c1-26(2)10-19(31)24-22(11-26)34-25(30)17(12-29)23(24)14-4-6-20(32-3)15(8-14)13-33-21-7-5-16(27)9-18(21)28/h4-9,23H,10-11,13,30H2,1-3H3/t23-/m0/s1. The molecule has 1 atom stereocenters. The third-order valence-corrected chi connectivity index (χ3v) is 5.99. The lowest BCUT2D eigenvalue weighted by molar-refractivity contribution is -0.119. The van der Waals surface area contributed by atoms with Crippen LogP contribution >= 0.6 is 0 Å². The molecule has 0 saturated heterocycles. The summed E-state index contributed by atoms with van der Waals surface area (Å²) in [5, 5.41) is 9.82. The number of Topliss-reactive ketones (excluding diaryl/α,β-unsaturated/α-hetero) is 1. The van der Waals surface area contributed by atoms with E-state index in [1.54, 1.807) is 18.2 Å². The van der Waals surface area contributed by atoms with Gasteiger partial charge in [-0.1, -0.05) is 19.9 Å². The number of hydrogen-bond acceptors (Lipinski definition) is 6. The lowest BCUT2D eigenvalue weighted by Gasteiger charge is -2.37. The van der Waals surface area contributed by atoms with Gasteiger partial charge in [0.15, 0.2) is 17.3 Å². The lowest BCUT2D eigenvalue weighted by Crippen LogP contribution is -2.33. The molecule has 0 amide bonds. The number of hydrogen-bond donors (Lipinski definition) is 1. The van der Waals surface area contributed by atoms with Crippen LogP contribution in [-0.2, 0) is 16.1 Å². The molecule has 4 rings (SSSR count). The van der Waals surface area contributed by atoms with Crippen LogP contribution in [-0.4, -0.2) is 12.9 Å². The number of halogens is 2. The Morgan fingerprint density at radius 2 is 1.91 bits per heavy atom. The zero-order valence-corrected chi connectivity index (χ0v) is 19.1. The Morgan fingerprint density at radius 3 is 2.59 bits per heavy atom. The molecule has 1 heterocycles. The Balaban J connectivity index is 1.75. The van der Waals surface area contributed by atoms with E-state index in [0.29, 0.717) is 41.1 Å². The predicted octanol–water partition coefficient (Wildman–Crippen LogP) is 5.00. The molecule has 0 saturated carbocycles. The second-order valence-corrected chi connectivity index (χ2v) is 9.14. The van der Waals surface area contributed by atoms with E-state index < -0.39 is 17.6 Å². The van der Waals surface area contributed by atoms with Gasteiger partial charge in [0.25, 0.3) is 0 Å². The summed E-state index contributed by atoms with van der Waals surface area (Å²) in [6.07, 6.45) is 0.834. The molecule has 1 aliphatic carbocycles. The first-order valence-electron chi connectivity index (χ1n) is 10.7. The summed E-state index contributed by atoms with van der Waals surface area (Å²) in [7, 11) is 1.48. The summed E-state index contributed by atoms with van der Waals surface area (Å²) in [5.41, 5.74) is 7.54. The zero-order chi connectivity index (χ0) is 24.6. The first-order valence-corrected chi connectivity index (χ1v) is 10.7. The highest BCUT2D eigenvalue weighted by atomic mass is 19.1. The Hall–Kier alpha value is -3.86. The molecule has 0 radical (unpaired) electrons. The van der Waals surface area contributed by atoms with Gasteiger partial charge in [-0.05, 0) is 35.2 Å². The van der Waals surface area contributed by atoms with Crippen molar-refractivity contribution in [3.8, 4) is 17.6 Å². The van der Waals surface area contributed by atoms with Gasteiger partial charge in [0.2, 0.25) is 5.88 Å². The van der Waals surface area contributed by atoms with E-state index in [0.717, 1.165) is 12.1 Å². The van der Waals surface area contributed by atoms with Crippen LogP contribution in [0.25, 0.3) is 0 Å². The maximum absolute atomic E-state index is 14.0. The molecule has 2 aromatic rings. The van der Waals surface area contributed by atoms with Gasteiger partial charge >= 0.3 is 0 Å². The van der Waals surface area contributed by atoms with Crippen molar-refractivity contribution in [2.75, 3.05) is 7.11 Å². The molecule has 34 heavy (non-hydrogen) atoms. The molecule has 0 aromatic heterocycles. The normalized spacial score (nSPS) is 19.3. The quantitative estimate of drug-likeness (QED) is 0.666. The number of benzene rings is 2. The minimum Gasteiger partial charge on any atom is -0.496 e. The van der Waals surface area contributed by atoms with Crippen molar-refractivity contribution in [2.45, 2.75) is 39.2 Å². The molecule has 6 nitrogen and oxygen atoms in total. The van der Waals surface area contributed by atoms with Gasteiger partial charge in [-0.25, -0.2) is 8.78 Å². The highest BCUT2D eigenvalue weighted by molar-refractivity contribution is 6.00. The first kappa shape index (κ1) is 23.3. The maximum atomic E-state index is 14.0. The van der Waals surface area contributed by atoms with Crippen molar-refractivity contribution < 1.29 is 27.8 Å². The molecule has 0 bridgehead atoms. The molecular formula is C26H24F2N2O4. The lowest BCUT2D eigenvalue weighted by atomic mass is 9.70. The van der Waals surface area contributed by atoms with Gasteiger partial charge in [0.1, 0.15) is 35.6 Å². The minimum absolute atomic E-state index is 0.0289. The number of nitrogens with two attached hydrogens (primary N) is 1. The summed E-state index contributed by atoms with van der Waals surface area (Å²) in [4.78, 5) is 13.1. The first-order chi connectivity index (χ1) is 16.1. The molecule has 2 aromatic carbocycles. The van der Waals surface area contributed by atoms with Crippen molar-refractivity contribution in [3.05, 3.63) is 81.9 Å². The zero-order valence-electron chi connectivity index (χ0n) is 19.1. The SMILES string of the molecule is COc1ccc([C@H]2C(C#N)=C(N)OC3=C2C(=O)CC(C)(C)C3)cc1COc1ccc(F)cc1F. The van der Waals surface area contributed by atoms with Crippen molar-refractivity contribution in [1.29, 1.82) is 5.26 Å². The van der Waals surface area contributed by atoms with E-state index in [2.05, 4.69) is 6.07 Å². The maximum Gasteiger partial charge on any atom is 0.205 e. The number of nitriles is 1. The van der Waals surface area contributed by atoms with Crippen molar-refractivity contribution in [2.24, 2.45) is 11.1 Å². The molecular weight excluding hydrogens is 442 g/mol. The Morgan fingerprint density at radius 1 is 1.18 bits per heavy atom. The summed E-state index contributed by atoms with van der Waals surface area (Å²) in [6, 6.07) is 10.3. The van der Waals surface area contributed by atoms with E-state index in [1.165, 1.54) is 13.2 Å². The number of carbonyl (C=O) groups excluding carboxylic acids is 1. The number of carbonyl (C=O) groups is 1. The van der Waals surface area contributed by atoms with E-state index in [9.17, 15) is 18.8 Å². The van der Waals surface area contributed by atoms with E-state index in [-0.39, 0.29) is 35.0 Å². The Kier molecular flexibility index (Phi) is 6.05. The van der Waals surface area contributed by atoms with E-state index >= 15 is 0 Å². The van der Waals surface area contributed by atoms with Gasteiger partial charge in [-0.15, -0.1) is 0 Å². The number of allylic oxidation sites excluding steroid dienone is 3. The number of rotatable bonds is 5. The van der Waals surface area contributed by atoms with Crippen LogP contribution in [0.1, 0.15) is 43.7 Å². The minimum atomic E-state index is -0.827. The summed E-state index contributed by atoms with van der Waals surface area (Å²) >= 11 is 0. The molecule has 1 aliphatic heterocycles. The smallest absolute Gasteiger partial charge is 0.205 e. The van der Waals surface area contributed by atoms with Crippen LogP contribution in [0.3, 0.4) is 0 Å². The summed E-state index contributed by atoms with van der Waals surface area (Å²) in [6.45, 7) is 3.87. The highest BCUT2D eigenvalue weighted by Crippen LogP contribution is 2.48.